The molecule has 0 saturated carbocycles. The van der Waals surface area contributed by atoms with Crippen LogP contribution in [0.15, 0.2) is 41.5 Å². The van der Waals surface area contributed by atoms with Gasteiger partial charge in [0.05, 0.1) is 11.5 Å². The fourth-order valence-electron chi connectivity index (χ4n) is 3.48. The Bertz CT molecular complexity index is 1020. The number of benzene rings is 1. The summed E-state index contributed by atoms with van der Waals surface area (Å²) in [6.45, 7) is 5.58. The van der Waals surface area contributed by atoms with E-state index in [0.717, 1.165) is 42.7 Å². The Morgan fingerprint density at radius 1 is 1.11 bits per heavy atom. The van der Waals surface area contributed by atoms with Crippen molar-refractivity contribution in [3.63, 3.8) is 0 Å². The first-order valence-corrected chi connectivity index (χ1v) is 9.55. The highest BCUT2D eigenvalue weighted by Gasteiger charge is 2.17. The van der Waals surface area contributed by atoms with Crippen molar-refractivity contribution in [3.8, 4) is 0 Å². The van der Waals surface area contributed by atoms with Crippen molar-refractivity contribution in [2.24, 2.45) is 0 Å². The molecule has 1 aromatic carbocycles. The summed E-state index contributed by atoms with van der Waals surface area (Å²) < 4.78 is 1.57. The zero-order valence-electron chi connectivity index (χ0n) is 16.0. The molecule has 0 radical (unpaired) electrons. The number of hydrogen-bond donors (Lipinski definition) is 2. The second-order valence-corrected chi connectivity index (χ2v) is 7.37. The minimum atomic E-state index is -0.317. The number of anilines is 3. The van der Waals surface area contributed by atoms with Crippen LogP contribution in [-0.2, 0) is 0 Å². The van der Waals surface area contributed by atoms with Crippen molar-refractivity contribution in [2.45, 2.75) is 38.8 Å². The average molecular weight is 380 g/mol. The molecule has 0 aliphatic carbocycles. The van der Waals surface area contributed by atoms with Gasteiger partial charge in [-0.3, -0.25) is 4.57 Å². The molecule has 8 heteroatoms. The highest BCUT2D eigenvalue weighted by atomic mass is 16.3. The topological polar surface area (TPSA) is 96.2 Å². The summed E-state index contributed by atoms with van der Waals surface area (Å²) in [5.74, 6) is 0.432. The fourth-order valence-corrected chi connectivity index (χ4v) is 3.48. The summed E-state index contributed by atoms with van der Waals surface area (Å²) in [5, 5.41) is 13.6. The second kappa shape index (κ2) is 7.55. The van der Waals surface area contributed by atoms with Crippen LogP contribution in [0.5, 0.6) is 0 Å². The summed E-state index contributed by atoms with van der Waals surface area (Å²) in [4.78, 5) is 27.1. The number of piperidine rings is 1. The number of hydrogen-bond acceptors (Lipinski definition) is 7. The van der Waals surface area contributed by atoms with Gasteiger partial charge in [-0.2, -0.15) is 4.98 Å². The van der Waals surface area contributed by atoms with Crippen LogP contribution in [0.1, 0.15) is 32.7 Å². The summed E-state index contributed by atoms with van der Waals surface area (Å²) >= 11 is 0. The molecule has 2 aromatic heterocycles. The second-order valence-electron chi connectivity index (χ2n) is 7.37. The Hall–Kier alpha value is -3.00. The van der Waals surface area contributed by atoms with Crippen LogP contribution in [-0.4, -0.2) is 43.8 Å². The van der Waals surface area contributed by atoms with Gasteiger partial charge in [0.25, 0.3) is 0 Å². The first-order chi connectivity index (χ1) is 13.5. The Morgan fingerprint density at radius 3 is 2.46 bits per heavy atom. The Balaban J connectivity index is 1.56. The molecule has 146 valence electrons. The molecular weight excluding hydrogens is 356 g/mol. The van der Waals surface area contributed by atoms with Gasteiger partial charge in [0, 0.05) is 42.9 Å². The van der Waals surface area contributed by atoms with Gasteiger partial charge in [-0.05, 0) is 51.0 Å². The summed E-state index contributed by atoms with van der Waals surface area (Å²) in [6.07, 6.45) is 4.60. The molecular formula is C20H24N6O2. The van der Waals surface area contributed by atoms with Crippen LogP contribution < -0.4 is 15.9 Å². The van der Waals surface area contributed by atoms with Crippen molar-refractivity contribution in [3.05, 3.63) is 47.1 Å². The predicted octanol–water partition coefficient (Wildman–Crippen LogP) is 2.47. The Labute approximate surface area is 162 Å². The lowest BCUT2D eigenvalue weighted by Gasteiger charge is -2.31. The zero-order valence-corrected chi connectivity index (χ0v) is 16.0. The maximum atomic E-state index is 12.1. The third-order valence-electron chi connectivity index (χ3n) is 5.01. The number of nitrogens with one attached hydrogen (secondary N) is 1. The summed E-state index contributed by atoms with van der Waals surface area (Å²) in [7, 11) is 0. The van der Waals surface area contributed by atoms with Crippen LogP contribution in [0.3, 0.4) is 0 Å². The van der Waals surface area contributed by atoms with Crippen LogP contribution in [0.2, 0.25) is 0 Å². The molecule has 0 unspecified atom stereocenters. The van der Waals surface area contributed by atoms with Crippen molar-refractivity contribution in [1.82, 2.24) is 19.5 Å². The number of nitrogens with zero attached hydrogens (tertiary/aromatic N) is 5. The van der Waals surface area contributed by atoms with Crippen LogP contribution in [0.4, 0.5) is 17.3 Å². The van der Waals surface area contributed by atoms with Crippen molar-refractivity contribution >= 4 is 28.4 Å². The van der Waals surface area contributed by atoms with E-state index < -0.39 is 0 Å². The Morgan fingerprint density at radius 2 is 1.79 bits per heavy atom. The van der Waals surface area contributed by atoms with Crippen LogP contribution in [0.25, 0.3) is 11.0 Å². The van der Waals surface area contributed by atoms with Gasteiger partial charge in [-0.1, -0.05) is 0 Å². The molecule has 2 N–H and O–H groups in total. The van der Waals surface area contributed by atoms with E-state index >= 15 is 0 Å². The van der Waals surface area contributed by atoms with Crippen LogP contribution >= 0.6 is 0 Å². The lowest BCUT2D eigenvalue weighted by atomic mass is 10.1. The van der Waals surface area contributed by atoms with Gasteiger partial charge >= 0.3 is 5.69 Å². The standard InChI is InChI=1S/C20H24N6O2/c1-13(2)26-18-14(12-22-20(26)28)11-21-19(24-18)23-15-3-5-16(6-4-15)25-9-7-17(27)8-10-25/h3-6,11-13,17,27H,7-10H2,1-2H3,(H,21,23,24). The lowest BCUT2D eigenvalue weighted by molar-refractivity contribution is 0.145. The smallest absolute Gasteiger partial charge is 0.349 e. The van der Waals surface area contributed by atoms with Gasteiger partial charge in [0.2, 0.25) is 5.95 Å². The number of aliphatic hydroxyl groups excluding tert-OH is 1. The van der Waals surface area contributed by atoms with Gasteiger partial charge in [-0.25, -0.2) is 14.8 Å². The van der Waals surface area contributed by atoms with E-state index in [-0.39, 0.29) is 17.8 Å². The fraction of sp³-hybridized carbons (Fsp3) is 0.400. The van der Waals surface area contributed by atoms with E-state index in [4.69, 9.17) is 0 Å². The van der Waals surface area contributed by atoms with E-state index in [1.54, 1.807) is 10.8 Å². The molecule has 0 amide bonds. The molecule has 0 bridgehead atoms. The first-order valence-electron chi connectivity index (χ1n) is 9.55. The van der Waals surface area contributed by atoms with Gasteiger partial charge in [0.1, 0.15) is 0 Å². The maximum absolute atomic E-state index is 12.1. The van der Waals surface area contributed by atoms with Crippen molar-refractivity contribution < 1.29 is 5.11 Å². The predicted molar refractivity (Wildman–Crippen MR) is 109 cm³/mol. The van der Waals surface area contributed by atoms with E-state index in [2.05, 4.69) is 37.3 Å². The summed E-state index contributed by atoms with van der Waals surface area (Å²) in [5.41, 5.74) is 2.25. The van der Waals surface area contributed by atoms with Gasteiger partial charge < -0.3 is 15.3 Å². The maximum Gasteiger partial charge on any atom is 0.349 e. The monoisotopic (exact) mass is 380 g/mol. The third-order valence-corrected chi connectivity index (χ3v) is 5.01. The minimum Gasteiger partial charge on any atom is -0.393 e. The largest absolute Gasteiger partial charge is 0.393 e. The molecule has 1 aliphatic rings. The minimum absolute atomic E-state index is 0.0474. The number of rotatable bonds is 4. The zero-order chi connectivity index (χ0) is 19.7. The quantitative estimate of drug-likeness (QED) is 0.718. The molecule has 1 fully saturated rings. The molecule has 3 aromatic rings. The van der Waals surface area contributed by atoms with Crippen LogP contribution in [0, 0.1) is 0 Å². The van der Waals surface area contributed by atoms with E-state index in [9.17, 15) is 9.90 Å². The van der Waals surface area contributed by atoms with Crippen molar-refractivity contribution in [1.29, 1.82) is 0 Å². The summed E-state index contributed by atoms with van der Waals surface area (Å²) in [6, 6.07) is 8.02. The van der Waals surface area contributed by atoms with Gasteiger partial charge in [0.15, 0.2) is 5.65 Å². The average Bonchev–Trinajstić information content (AvgIpc) is 2.69. The molecule has 1 aliphatic heterocycles. The van der Waals surface area contributed by atoms with E-state index in [1.807, 2.05) is 26.0 Å². The van der Waals surface area contributed by atoms with E-state index in [1.165, 1.54) is 6.20 Å². The molecule has 3 heterocycles. The normalized spacial score (nSPS) is 15.4. The molecule has 0 atom stereocenters. The molecule has 28 heavy (non-hydrogen) atoms. The molecule has 0 spiro atoms. The number of fused-ring (bicyclic) bond motifs is 1. The number of aliphatic hydroxyl groups is 1. The van der Waals surface area contributed by atoms with Crippen molar-refractivity contribution in [2.75, 3.05) is 23.3 Å². The number of aromatic nitrogens is 4. The molecule has 4 rings (SSSR count). The third kappa shape index (κ3) is 3.68. The first kappa shape index (κ1) is 18.4. The Kier molecular flexibility index (Phi) is 4.95. The molecule has 1 saturated heterocycles. The molecule has 8 nitrogen and oxygen atoms in total. The SMILES string of the molecule is CC(C)n1c(=O)ncc2cnc(Nc3ccc(N4CCC(O)CC4)cc3)nc21. The lowest BCUT2D eigenvalue weighted by Crippen LogP contribution is -2.35. The van der Waals surface area contributed by atoms with E-state index in [0.29, 0.717) is 11.6 Å². The van der Waals surface area contributed by atoms with Gasteiger partial charge in [-0.15, -0.1) is 0 Å². The highest BCUT2D eigenvalue weighted by molar-refractivity contribution is 5.75. The highest BCUT2D eigenvalue weighted by Crippen LogP contribution is 2.23.